The molecular formula is C23H51NO. The average Bonchev–Trinajstić information content (AvgIpc) is 2.58. The molecule has 1 N–H and O–H groups in total. The maximum Gasteiger partial charge on any atom is 0.0786 e. The standard InChI is InChI=1S/C23H50N.H2O/c1-5-9-13-14-15-19-23-24(20-16-10-6-2,21-17-11-7-3)22-18-12-8-4;/h5-23H2,1-4H3;1H2/q+1;/p-1. The lowest BCUT2D eigenvalue weighted by atomic mass is 10.1. The summed E-state index contributed by atoms with van der Waals surface area (Å²) in [5.74, 6) is 0. The molecule has 25 heavy (non-hydrogen) atoms. The monoisotopic (exact) mass is 357 g/mol. The van der Waals surface area contributed by atoms with E-state index in [1.165, 1.54) is 127 Å². The number of hydrogen-bond acceptors (Lipinski definition) is 1. The van der Waals surface area contributed by atoms with E-state index in [1.807, 2.05) is 0 Å². The molecule has 0 heterocycles. The van der Waals surface area contributed by atoms with Gasteiger partial charge in [0.2, 0.25) is 0 Å². The molecule has 0 unspecified atom stereocenters. The first-order valence-corrected chi connectivity index (χ1v) is 11.6. The van der Waals surface area contributed by atoms with Crippen LogP contribution in [-0.4, -0.2) is 36.1 Å². The van der Waals surface area contributed by atoms with Gasteiger partial charge in [0.05, 0.1) is 26.2 Å². The summed E-state index contributed by atoms with van der Waals surface area (Å²) in [7, 11) is 0. The highest BCUT2D eigenvalue weighted by atomic mass is 16.0. The summed E-state index contributed by atoms with van der Waals surface area (Å²) in [6.45, 7) is 15.2. The fraction of sp³-hybridized carbons (Fsp3) is 1.00. The van der Waals surface area contributed by atoms with Crippen LogP contribution in [0.15, 0.2) is 0 Å². The maximum absolute atomic E-state index is 2.34. The van der Waals surface area contributed by atoms with E-state index in [-0.39, 0.29) is 5.48 Å². The minimum absolute atomic E-state index is 0. The SMILES string of the molecule is CCCCCCCC[N+](CCCCC)(CCCCC)CCCCC.[OH-]. The van der Waals surface area contributed by atoms with Crippen molar-refractivity contribution in [2.45, 2.75) is 124 Å². The zero-order valence-electron chi connectivity index (χ0n) is 18.3. The molecule has 154 valence electrons. The predicted molar refractivity (Wildman–Crippen MR) is 114 cm³/mol. The van der Waals surface area contributed by atoms with Crippen LogP contribution in [0.25, 0.3) is 0 Å². The van der Waals surface area contributed by atoms with Crippen molar-refractivity contribution in [3.63, 3.8) is 0 Å². The topological polar surface area (TPSA) is 30.0 Å². The van der Waals surface area contributed by atoms with Crippen molar-refractivity contribution in [3.05, 3.63) is 0 Å². The Balaban J connectivity index is 0. The molecule has 0 fully saturated rings. The van der Waals surface area contributed by atoms with Crippen LogP contribution in [0.5, 0.6) is 0 Å². The summed E-state index contributed by atoms with van der Waals surface area (Å²) >= 11 is 0. The molecule has 0 saturated carbocycles. The van der Waals surface area contributed by atoms with Crippen molar-refractivity contribution in [1.29, 1.82) is 0 Å². The van der Waals surface area contributed by atoms with Crippen molar-refractivity contribution < 1.29 is 9.96 Å². The molecule has 0 aromatic rings. The smallest absolute Gasteiger partial charge is 0.0786 e. The molecule has 0 saturated heterocycles. The van der Waals surface area contributed by atoms with E-state index in [2.05, 4.69) is 27.7 Å². The second-order valence-electron chi connectivity index (χ2n) is 8.13. The lowest BCUT2D eigenvalue weighted by Gasteiger charge is -2.39. The lowest BCUT2D eigenvalue weighted by Crippen LogP contribution is -2.50. The Morgan fingerprint density at radius 3 is 0.960 bits per heavy atom. The second-order valence-corrected chi connectivity index (χ2v) is 8.13. The molecular weight excluding hydrogens is 306 g/mol. The van der Waals surface area contributed by atoms with E-state index in [1.54, 1.807) is 0 Å². The average molecular weight is 358 g/mol. The first-order valence-electron chi connectivity index (χ1n) is 11.6. The number of quaternary nitrogens is 1. The Bertz CT molecular complexity index is 216. The van der Waals surface area contributed by atoms with Gasteiger partial charge in [0, 0.05) is 0 Å². The Hall–Kier alpha value is -0.0800. The normalized spacial score (nSPS) is 11.5. The summed E-state index contributed by atoms with van der Waals surface area (Å²) in [6.07, 6.45) is 21.4. The summed E-state index contributed by atoms with van der Waals surface area (Å²) in [4.78, 5) is 0. The third-order valence-corrected chi connectivity index (χ3v) is 5.69. The van der Waals surface area contributed by atoms with Crippen molar-refractivity contribution in [2.24, 2.45) is 0 Å². The summed E-state index contributed by atoms with van der Waals surface area (Å²) in [6, 6.07) is 0. The fourth-order valence-electron chi connectivity index (χ4n) is 3.99. The van der Waals surface area contributed by atoms with E-state index in [4.69, 9.17) is 0 Å². The van der Waals surface area contributed by atoms with E-state index >= 15 is 0 Å². The van der Waals surface area contributed by atoms with Gasteiger partial charge in [-0.25, -0.2) is 0 Å². The van der Waals surface area contributed by atoms with Gasteiger partial charge in [-0.1, -0.05) is 72.6 Å². The van der Waals surface area contributed by atoms with Crippen molar-refractivity contribution in [2.75, 3.05) is 26.2 Å². The molecule has 0 spiro atoms. The van der Waals surface area contributed by atoms with Crippen LogP contribution in [0.2, 0.25) is 0 Å². The zero-order valence-corrected chi connectivity index (χ0v) is 18.3. The molecule has 0 rings (SSSR count). The predicted octanol–water partition coefficient (Wildman–Crippen LogP) is 7.56. The highest BCUT2D eigenvalue weighted by Crippen LogP contribution is 2.19. The van der Waals surface area contributed by atoms with Crippen LogP contribution in [-0.2, 0) is 0 Å². The molecule has 0 aliphatic rings. The van der Waals surface area contributed by atoms with Crippen molar-refractivity contribution >= 4 is 0 Å². The molecule has 2 heteroatoms. The third-order valence-electron chi connectivity index (χ3n) is 5.69. The number of rotatable bonds is 19. The molecule has 0 bridgehead atoms. The minimum atomic E-state index is 0. The number of nitrogens with zero attached hydrogens (tertiary/aromatic N) is 1. The van der Waals surface area contributed by atoms with Crippen molar-refractivity contribution in [1.82, 2.24) is 0 Å². The van der Waals surface area contributed by atoms with Gasteiger partial charge in [-0.05, 0) is 51.4 Å². The van der Waals surface area contributed by atoms with Gasteiger partial charge < -0.3 is 9.96 Å². The molecule has 0 amide bonds. The first-order chi connectivity index (χ1) is 11.7. The largest absolute Gasteiger partial charge is 0.870 e. The maximum atomic E-state index is 2.34. The van der Waals surface area contributed by atoms with Crippen LogP contribution in [0.3, 0.4) is 0 Å². The zero-order chi connectivity index (χ0) is 17.9. The minimum Gasteiger partial charge on any atom is -0.870 e. The van der Waals surface area contributed by atoms with Gasteiger partial charge in [0.1, 0.15) is 0 Å². The Morgan fingerprint density at radius 2 is 0.600 bits per heavy atom. The van der Waals surface area contributed by atoms with Crippen molar-refractivity contribution in [3.8, 4) is 0 Å². The summed E-state index contributed by atoms with van der Waals surface area (Å²) < 4.78 is 1.45. The highest BCUT2D eigenvalue weighted by Gasteiger charge is 2.25. The molecule has 0 radical (unpaired) electrons. The molecule has 0 aromatic heterocycles. The Kier molecular flexibility index (Phi) is 22.0. The van der Waals surface area contributed by atoms with Crippen LogP contribution in [0.4, 0.5) is 0 Å². The summed E-state index contributed by atoms with van der Waals surface area (Å²) in [5.41, 5.74) is 0. The van der Waals surface area contributed by atoms with E-state index in [0.717, 1.165) is 0 Å². The van der Waals surface area contributed by atoms with E-state index in [9.17, 15) is 0 Å². The third kappa shape index (κ3) is 15.9. The van der Waals surface area contributed by atoms with E-state index in [0.29, 0.717) is 0 Å². The quantitative estimate of drug-likeness (QED) is 0.173. The fourth-order valence-corrected chi connectivity index (χ4v) is 3.99. The van der Waals surface area contributed by atoms with E-state index < -0.39 is 0 Å². The van der Waals surface area contributed by atoms with Gasteiger partial charge in [0.15, 0.2) is 0 Å². The van der Waals surface area contributed by atoms with Crippen LogP contribution >= 0.6 is 0 Å². The highest BCUT2D eigenvalue weighted by molar-refractivity contribution is 4.52. The molecule has 0 aliphatic heterocycles. The Morgan fingerprint density at radius 1 is 0.360 bits per heavy atom. The molecule has 2 nitrogen and oxygen atoms in total. The van der Waals surface area contributed by atoms with Crippen LogP contribution in [0, 0.1) is 0 Å². The molecule has 0 aromatic carbocycles. The van der Waals surface area contributed by atoms with Gasteiger partial charge in [-0.3, -0.25) is 0 Å². The number of unbranched alkanes of at least 4 members (excludes halogenated alkanes) is 11. The van der Waals surface area contributed by atoms with Crippen LogP contribution < -0.4 is 0 Å². The van der Waals surface area contributed by atoms with Gasteiger partial charge in [-0.15, -0.1) is 0 Å². The number of hydrogen-bond donors (Lipinski definition) is 0. The van der Waals surface area contributed by atoms with Gasteiger partial charge >= 0.3 is 0 Å². The van der Waals surface area contributed by atoms with Gasteiger partial charge in [-0.2, -0.15) is 0 Å². The van der Waals surface area contributed by atoms with Crippen LogP contribution in [0.1, 0.15) is 124 Å². The summed E-state index contributed by atoms with van der Waals surface area (Å²) in [5, 5.41) is 0. The second kappa shape index (κ2) is 20.2. The molecule has 0 atom stereocenters. The lowest BCUT2D eigenvalue weighted by molar-refractivity contribution is -0.929. The first kappa shape index (κ1) is 27.1. The van der Waals surface area contributed by atoms with Gasteiger partial charge in [0.25, 0.3) is 0 Å². The Labute approximate surface area is 160 Å². The molecule has 0 aliphatic carbocycles.